The fourth-order valence-corrected chi connectivity index (χ4v) is 3.04. The Hall–Kier alpha value is -2.70. The topological polar surface area (TPSA) is 82.8 Å². The van der Waals surface area contributed by atoms with E-state index in [-0.39, 0.29) is 18.1 Å². The van der Waals surface area contributed by atoms with Crippen molar-refractivity contribution in [1.82, 2.24) is 10.3 Å². The zero-order valence-corrected chi connectivity index (χ0v) is 14.4. The highest BCUT2D eigenvalue weighted by molar-refractivity contribution is 5.92. The highest BCUT2D eigenvalue weighted by Crippen LogP contribution is 2.38. The molecule has 1 aromatic carbocycles. The van der Waals surface area contributed by atoms with E-state index in [4.69, 9.17) is 18.6 Å². The first-order chi connectivity index (χ1) is 12.2. The van der Waals surface area contributed by atoms with Gasteiger partial charge in [0.1, 0.15) is 6.26 Å². The summed E-state index contributed by atoms with van der Waals surface area (Å²) in [4.78, 5) is 15.9. The minimum atomic E-state index is -0.201. The number of rotatable bonds is 6. The molecule has 1 aliphatic carbocycles. The largest absolute Gasteiger partial charge is 0.493 e. The minimum Gasteiger partial charge on any atom is -0.493 e. The maximum atomic E-state index is 12.0. The third-order valence-electron chi connectivity index (χ3n) is 4.33. The van der Waals surface area contributed by atoms with E-state index in [9.17, 15) is 4.79 Å². The minimum absolute atomic E-state index is 0.0845. The summed E-state index contributed by atoms with van der Waals surface area (Å²) in [5.74, 6) is 1.73. The summed E-state index contributed by atoms with van der Waals surface area (Å²) < 4.78 is 21.6. The van der Waals surface area contributed by atoms with E-state index in [1.165, 1.54) is 12.7 Å². The van der Waals surface area contributed by atoms with Gasteiger partial charge >= 0.3 is 0 Å². The lowest BCUT2D eigenvalue weighted by Gasteiger charge is -2.29. The number of amides is 1. The molecule has 0 radical (unpaired) electrons. The lowest BCUT2D eigenvalue weighted by Crippen LogP contribution is -2.39. The maximum Gasteiger partial charge on any atom is 0.273 e. The van der Waals surface area contributed by atoms with E-state index in [0.717, 1.165) is 25.7 Å². The van der Waals surface area contributed by atoms with Crippen LogP contribution in [-0.2, 0) is 0 Å². The molecule has 3 rings (SSSR count). The molecule has 1 aromatic heterocycles. The summed E-state index contributed by atoms with van der Waals surface area (Å²) in [5.41, 5.74) is 0.305. The molecule has 1 fully saturated rings. The molecule has 134 valence electrons. The van der Waals surface area contributed by atoms with Crippen LogP contribution in [0.4, 0.5) is 0 Å². The van der Waals surface area contributed by atoms with Crippen molar-refractivity contribution in [2.45, 2.75) is 37.8 Å². The molecule has 2 aromatic rings. The molecule has 1 heterocycles. The highest BCUT2D eigenvalue weighted by atomic mass is 16.5. The van der Waals surface area contributed by atoms with E-state index >= 15 is 0 Å². The molecule has 25 heavy (non-hydrogen) atoms. The van der Waals surface area contributed by atoms with Gasteiger partial charge in [0.2, 0.25) is 5.75 Å². The number of hydrogen-bond donors (Lipinski definition) is 1. The van der Waals surface area contributed by atoms with Gasteiger partial charge in [-0.3, -0.25) is 4.79 Å². The standard InChI is InChI=1S/C18H22N2O5/c1-22-15-4-3-5-16(17(15)23-2)25-13-8-6-12(7-9-13)20-18(21)14-10-24-11-19-14/h3-5,10-13H,6-9H2,1-2H3,(H,20,21). The van der Waals surface area contributed by atoms with Crippen molar-refractivity contribution < 1.29 is 23.4 Å². The molecule has 0 unspecified atom stereocenters. The third-order valence-corrected chi connectivity index (χ3v) is 4.33. The third kappa shape index (κ3) is 4.04. The van der Waals surface area contributed by atoms with Crippen LogP contribution in [0.3, 0.4) is 0 Å². The fourth-order valence-electron chi connectivity index (χ4n) is 3.04. The fraction of sp³-hybridized carbons (Fsp3) is 0.444. The Kier molecular flexibility index (Phi) is 5.42. The van der Waals surface area contributed by atoms with E-state index in [2.05, 4.69) is 10.3 Å². The summed E-state index contributed by atoms with van der Waals surface area (Å²) in [5, 5.41) is 2.98. The smallest absolute Gasteiger partial charge is 0.273 e. The Morgan fingerprint density at radius 2 is 1.92 bits per heavy atom. The second-order valence-corrected chi connectivity index (χ2v) is 5.93. The monoisotopic (exact) mass is 346 g/mol. The Morgan fingerprint density at radius 1 is 1.16 bits per heavy atom. The number of benzene rings is 1. The van der Waals surface area contributed by atoms with Gasteiger partial charge in [0, 0.05) is 6.04 Å². The first kappa shape index (κ1) is 17.1. The van der Waals surface area contributed by atoms with Crippen LogP contribution in [0, 0.1) is 0 Å². The normalized spacial score (nSPS) is 19.9. The summed E-state index contributed by atoms with van der Waals surface area (Å²) in [7, 11) is 3.20. The molecule has 1 amide bonds. The number of carbonyl (C=O) groups is 1. The molecule has 0 saturated heterocycles. The first-order valence-corrected chi connectivity index (χ1v) is 8.28. The zero-order chi connectivity index (χ0) is 17.6. The van der Waals surface area contributed by atoms with Crippen LogP contribution in [-0.4, -0.2) is 37.3 Å². The van der Waals surface area contributed by atoms with Crippen LogP contribution in [0.1, 0.15) is 36.2 Å². The van der Waals surface area contributed by atoms with Crippen molar-refractivity contribution in [2.75, 3.05) is 14.2 Å². The Labute approximate surface area is 146 Å². The highest BCUT2D eigenvalue weighted by Gasteiger charge is 2.25. The molecule has 7 nitrogen and oxygen atoms in total. The van der Waals surface area contributed by atoms with Gasteiger partial charge in [-0.1, -0.05) is 6.07 Å². The average molecular weight is 346 g/mol. The van der Waals surface area contributed by atoms with Gasteiger partial charge in [0.25, 0.3) is 5.91 Å². The molecule has 1 N–H and O–H groups in total. The van der Waals surface area contributed by atoms with E-state index < -0.39 is 0 Å². The number of methoxy groups -OCH3 is 2. The number of aromatic nitrogens is 1. The summed E-state index contributed by atoms with van der Waals surface area (Å²) in [6.07, 6.45) is 6.08. The molecule has 0 aliphatic heterocycles. The van der Waals surface area contributed by atoms with E-state index in [1.807, 2.05) is 18.2 Å². The second-order valence-electron chi connectivity index (χ2n) is 5.93. The van der Waals surface area contributed by atoms with Crippen molar-refractivity contribution in [3.8, 4) is 17.2 Å². The summed E-state index contributed by atoms with van der Waals surface area (Å²) in [6, 6.07) is 5.71. The summed E-state index contributed by atoms with van der Waals surface area (Å²) in [6.45, 7) is 0. The van der Waals surface area contributed by atoms with Gasteiger partial charge in [0.05, 0.1) is 20.3 Å². The number of ether oxygens (including phenoxy) is 3. The van der Waals surface area contributed by atoms with Crippen molar-refractivity contribution in [1.29, 1.82) is 0 Å². The van der Waals surface area contributed by atoms with Crippen LogP contribution >= 0.6 is 0 Å². The zero-order valence-electron chi connectivity index (χ0n) is 14.4. The van der Waals surface area contributed by atoms with Crippen LogP contribution in [0.25, 0.3) is 0 Å². The van der Waals surface area contributed by atoms with Crippen molar-refractivity contribution in [3.05, 3.63) is 36.5 Å². The lowest BCUT2D eigenvalue weighted by atomic mass is 9.93. The van der Waals surface area contributed by atoms with Crippen LogP contribution in [0.2, 0.25) is 0 Å². The predicted octanol–water partition coefficient (Wildman–Crippen LogP) is 2.81. The number of para-hydroxylation sites is 1. The SMILES string of the molecule is COc1cccc(OC2CCC(NC(=O)c3cocn3)CC2)c1OC. The lowest BCUT2D eigenvalue weighted by molar-refractivity contribution is 0.0886. The predicted molar refractivity (Wildman–Crippen MR) is 90.2 cm³/mol. The molecule has 1 aliphatic rings. The molecule has 7 heteroatoms. The molecule has 0 spiro atoms. The Balaban J connectivity index is 1.54. The molecule has 1 saturated carbocycles. The van der Waals surface area contributed by atoms with Crippen molar-refractivity contribution in [2.24, 2.45) is 0 Å². The number of oxazole rings is 1. The van der Waals surface area contributed by atoms with Crippen molar-refractivity contribution in [3.63, 3.8) is 0 Å². The first-order valence-electron chi connectivity index (χ1n) is 8.28. The maximum absolute atomic E-state index is 12.0. The number of carbonyl (C=O) groups excluding carboxylic acids is 1. The Morgan fingerprint density at radius 3 is 2.56 bits per heavy atom. The molecular weight excluding hydrogens is 324 g/mol. The van der Waals surface area contributed by atoms with Gasteiger partial charge in [-0.2, -0.15) is 0 Å². The van der Waals surface area contributed by atoms with E-state index in [0.29, 0.717) is 22.9 Å². The quantitative estimate of drug-likeness (QED) is 0.866. The number of nitrogens with one attached hydrogen (secondary N) is 1. The van der Waals surface area contributed by atoms with Gasteiger partial charge in [-0.05, 0) is 37.8 Å². The van der Waals surface area contributed by atoms with Gasteiger partial charge in [-0.25, -0.2) is 4.98 Å². The van der Waals surface area contributed by atoms with Gasteiger partial charge < -0.3 is 23.9 Å². The van der Waals surface area contributed by atoms with Crippen LogP contribution < -0.4 is 19.5 Å². The van der Waals surface area contributed by atoms with Gasteiger partial charge in [0.15, 0.2) is 23.6 Å². The summed E-state index contributed by atoms with van der Waals surface area (Å²) >= 11 is 0. The molecule has 0 atom stereocenters. The number of hydrogen-bond acceptors (Lipinski definition) is 6. The van der Waals surface area contributed by atoms with Crippen molar-refractivity contribution >= 4 is 5.91 Å². The molecule has 0 bridgehead atoms. The van der Waals surface area contributed by atoms with Gasteiger partial charge in [-0.15, -0.1) is 0 Å². The molecular formula is C18H22N2O5. The van der Waals surface area contributed by atoms with Crippen LogP contribution in [0.15, 0.2) is 35.3 Å². The Bertz CT molecular complexity index is 693. The second kappa shape index (κ2) is 7.92. The van der Waals surface area contributed by atoms with E-state index in [1.54, 1.807) is 14.2 Å². The average Bonchev–Trinajstić information content (AvgIpc) is 3.18. The van der Waals surface area contributed by atoms with Crippen LogP contribution in [0.5, 0.6) is 17.2 Å². The number of nitrogens with zero attached hydrogens (tertiary/aromatic N) is 1.